The van der Waals surface area contributed by atoms with Gasteiger partial charge in [0.2, 0.25) is 0 Å². The van der Waals surface area contributed by atoms with Crippen LogP contribution in [0, 0.1) is 0 Å². The molecule has 2 atom stereocenters. The first-order valence-corrected chi connectivity index (χ1v) is 4.90. The Balaban J connectivity index is 2.02. The molecule has 1 aromatic heterocycles. The van der Waals surface area contributed by atoms with Crippen LogP contribution in [0.3, 0.4) is 0 Å². The molecule has 0 spiro atoms. The summed E-state index contributed by atoms with van der Waals surface area (Å²) in [5.41, 5.74) is 7.15. The van der Waals surface area contributed by atoms with Crippen LogP contribution in [0.15, 0.2) is 18.3 Å². The molecule has 1 aliphatic rings. The van der Waals surface area contributed by atoms with Crippen molar-refractivity contribution in [3.05, 3.63) is 24.0 Å². The summed E-state index contributed by atoms with van der Waals surface area (Å²) in [4.78, 5) is 5.67. The molecule has 0 amide bonds. The summed E-state index contributed by atoms with van der Waals surface area (Å²) in [6.45, 7) is 4.38. The number of hydrogen-bond donors (Lipinski definition) is 2. The van der Waals surface area contributed by atoms with Gasteiger partial charge in [0.05, 0.1) is 0 Å². The van der Waals surface area contributed by atoms with Crippen LogP contribution in [0.25, 0.3) is 0 Å². The van der Waals surface area contributed by atoms with Crippen molar-refractivity contribution in [1.82, 2.24) is 9.88 Å². The highest BCUT2D eigenvalue weighted by Gasteiger charge is 2.24. The van der Waals surface area contributed by atoms with E-state index in [2.05, 4.69) is 22.9 Å². The van der Waals surface area contributed by atoms with Crippen molar-refractivity contribution in [1.29, 1.82) is 0 Å². The number of aromatic amines is 1. The van der Waals surface area contributed by atoms with Gasteiger partial charge < -0.3 is 10.7 Å². The van der Waals surface area contributed by atoms with Gasteiger partial charge in [-0.2, -0.15) is 0 Å². The van der Waals surface area contributed by atoms with E-state index in [1.807, 2.05) is 12.3 Å². The van der Waals surface area contributed by atoms with Gasteiger partial charge in [-0.15, -0.1) is 0 Å². The summed E-state index contributed by atoms with van der Waals surface area (Å²) in [7, 11) is 0. The lowest BCUT2D eigenvalue weighted by atomic mass is 10.2. The Bertz CT molecular complexity index is 255. The molecule has 0 aliphatic carbocycles. The Hall–Kier alpha value is -0.800. The SMILES string of the molecule is C[C@@H](c1ccc[nH]1)N1CC[C@@H](N)C1. The number of nitrogens with two attached hydrogens (primary N) is 1. The highest BCUT2D eigenvalue weighted by Crippen LogP contribution is 2.22. The molecule has 3 heteroatoms. The fourth-order valence-electron chi connectivity index (χ4n) is 1.97. The van der Waals surface area contributed by atoms with Crippen LogP contribution in [0.1, 0.15) is 25.1 Å². The standard InChI is InChI=1S/C10H17N3/c1-8(10-3-2-5-12-10)13-6-4-9(11)7-13/h2-3,5,8-9,12H,4,6-7,11H2,1H3/t8-,9+/m0/s1. The summed E-state index contributed by atoms with van der Waals surface area (Å²) in [5, 5.41) is 0. The molecule has 3 nitrogen and oxygen atoms in total. The van der Waals surface area contributed by atoms with Crippen molar-refractivity contribution in [2.45, 2.75) is 25.4 Å². The first-order chi connectivity index (χ1) is 6.27. The predicted molar refractivity (Wildman–Crippen MR) is 53.4 cm³/mol. The minimum Gasteiger partial charge on any atom is -0.364 e. The van der Waals surface area contributed by atoms with Gasteiger partial charge in [-0.05, 0) is 25.5 Å². The molecule has 0 bridgehead atoms. The Kier molecular flexibility index (Phi) is 2.38. The Labute approximate surface area is 78.9 Å². The Morgan fingerprint density at radius 3 is 3.08 bits per heavy atom. The Morgan fingerprint density at radius 2 is 2.54 bits per heavy atom. The van der Waals surface area contributed by atoms with Crippen LogP contribution in [-0.2, 0) is 0 Å². The van der Waals surface area contributed by atoms with E-state index in [1.165, 1.54) is 5.69 Å². The number of likely N-dealkylation sites (tertiary alicyclic amines) is 1. The Morgan fingerprint density at radius 1 is 1.69 bits per heavy atom. The molecule has 0 unspecified atom stereocenters. The smallest absolute Gasteiger partial charge is 0.0470 e. The maximum Gasteiger partial charge on any atom is 0.0470 e. The zero-order valence-electron chi connectivity index (χ0n) is 8.03. The van der Waals surface area contributed by atoms with Gasteiger partial charge in [0.15, 0.2) is 0 Å². The minimum absolute atomic E-state index is 0.373. The number of nitrogens with one attached hydrogen (secondary N) is 1. The number of hydrogen-bond acceptors (Lipinski definition) is 2. The number of nitrogens with zero attached hydrogens (tertiary/aromatic N) is 1. The molecule has 3 N–H and O–H groups in total. The van der Waals surface area contributed by atoms with E-state index in [1.54, 1.807) is 0 Å². The van der Waals surface area contributed by atoms with E-state index in [0.717, 1.165) is 19.5 Å². The van der Waals surface area contributed by atoms with Gasteiger partial charge in [-0.25, -0.2) is 0 Å². The maximum absolute atomic E-state index is 5.86. The highest BCUT2D eigenvalue weighted by atomic mass is 15.2. The van der Waals surface area contributed by atoms with Crippen LogP contribution in [0.5, 0.6) is 0 Å². The molecule has 1 fully saturated rings. The zero-order valence-corrected chi connectivity index (χ0v) is 8.03. The maximum atomic E-state index is 5.86. The van der Waals surface area contributed by atoms with Gasteiger partial charge in [-0.3, -0.25) is 4.90 Å². The van der Waals surface area contributed by atoms with Crippen LogP contribution >= 0.6 is 0 Å². The monoisotopic (exact) mass is 179 g/mol. The van der Waals surface area contributed by atoms with E-state index in [9.17, 15) is 0 Å². The second kappa shape index (κ2) is 3.52. The lowest BCUT2D eigenvalue weighted by Gasteiger charge is -2.22. The van der Waals surface area contributed by atoms with E-state index in [0.29, 0.717) is 12.1 Å². The molecule has 13 heavy (non-hydrogen) atoms. The van der Waals surface area contributed by atoms with Crippen LogP contribution < -0.4 is 5.73 Å². The average molecular weight is 179 g/mol. The van der Waals surface area contributed by atoms with Gasteiger partial charge in [0.1, 0.15) is 0 Å². The van der Waals surface area contributed by atoms with Crippen LogP contribution in [-0.4, -0.2) is 29.0 Å². The summed E-state index contributed by atoms with van der Waals surface area (Å²) >= 11 is 0. The third-order valence-corrected chi connectivity index (χ3v) is 2.88. The quantitative estimate of drug-likeness (QED) is 0.714. The van der Waals surface area contributed by atoms with Crippen molar-refractivity contribution >= 4 is 0 Å². The fraction of sp³-hybridized carbons (Fsp3) is 0.600. The van der Waals surface area contributed by atoms with Crippen molar-refractivity contribution in [3.8, 4) is 0 Å². The normalized spacial score (nSPS) is 26.5. The minimum atomic E-state index is 0.373. The van der Waals surface area contributed by atoms with Crippen molar-refractivity contribution in [2.75, 3.05) is 13.1 Å². The first kappa shape index (κ1) is 8.78. The first-order valence-electron chi connectivity index (χ1n) is 4.90. The predicted octanol–water partition coefficient (Wildman–Crippen LogP) is 1.11. The zero-order chi connectivity index (χ0) is 9.26. The lowest BCUT2D eigenvalue weighted by molar-refractivity contribution is 0.256. The fourth-order valence-corrected chi connectivity index (χ4v) is 1.97. The molecular formula is C10H17N3. The van der Waals surface area contributed by atoms with Gasteiger partial charge >= 0.3 is 0 Å². The molecule has 1 saturated heterocycles. The van der Waals surface area contributed by atoms with E-state index in [4.69, 9.17) is 5.73 Å². The van der Waals surface area contributed by atoms with Gasteiger partial charge in [-0.1, -0.05) is 0 Å². The summed E-state index contributed by atoms with van der Waals surface area (Å²) in [6, 6.07) is 5.03. The molecule has 1 aromatic rings. The van der Waals surface area contributed by atoms with Gasteiger partial charge in [0.25, 0.3) is 0 Å². The van der Waals surface area contributed by atoms with E-state index in [-0.39, 0.29) is 0 Å². The lowest BCUT2D eigenvalue weighted by Crippen LogP contribution is -2.28. The third-order valence-electron chi connectivity index (χ3n) is 2.88. The molecular weight excluding hydrogens is 162 g/mol. The summed E-state index contributed by atoms with van der Waals surface area (Å²) in [6.07, 6.45) is 3.10. The molecule has 72 valence electrons. The largest absolute Gasteiger partial charge is 0.364 e. The average Bonchev–Trinajstić information content (AvgIpc) is 2.72. The summed E-state index contributed by atoms with van der Waals surface area (Å²) < 4.78 is 0. The highest BCUT2D eigenvalue weighted by molar-refractivity contribution is 5.09. The molecule has 1 aliphatic heterocycles. The second-order valence-electron chi connectivity index (χ2n) is 3.85. The van der Waals surface area contributed by atoms with Gasteiger partial charge in [0, 0.05) is 37.1 Å². The number of aromatic nitrogens is 1. The van der Waals surface area contributed by atoms with Crippen LogP contribution in [0.4, 0.5) is 0 Å². The number of H-pyrrole nitrogens is 1. The molecule has 2 heterocycles. The molecule has 0 saturated carbocycles. The number of rotatable bonds is 2. The molecule has 0 aromatic carbocycles. The third kappa shape index (κ3) is 1.76. The molecule has 2 rings (SSSR count). The van der Waals surface area contributed by atoms with Crippen molar-refractivity contribution in [2.24, 2.45) is 5.73 Å². The van der Waals surface area contributed by atoms with Crippen molar-refractivity contribution < 1.29 is 0 Å². The molecule has 0 radical (unpaired) electrons. The van der Waals surface area contributed by atoms with E-state index >= 15 is 0 Å². The second-order valence-corrected chi connectivity index (χ2v) is 3.85. The van der Waals surface area contributed by atoms with Crippen molar-refractivity contribution in [3.63, 3.8) is 0 Å². The van der Waals surface area contributed by atoms with E-state index < -0.39 is 0 Å². The van der Waals surface area contributed by atoms with Crippen LogP contribution in [0.2, 0.25) is 0 Å². The summed E-state index contributed by atoms with van der Waals surface area (Å²) in [5.74, 6) is 0. The topological polar surface area (TPSA) is 45.0 Å².